The van der Waals surface area contributed by atoms with Gasteiger partial charge in [-0.25, -0.2) is 0 Å². The smallest absolute Gasteiger partial charge is 0.387 e. The predicted molar refractivity (Wildman–Crippen MR) is 121 cm³/mol. The summed E-state index contributed by atoms with van der Waals surface area (Å²) >= 11 is 5.81. The third-order valence-corrected chi connectivity index (χ3v) is 6.56. The fourth-order valence-corrected chi connectivity index (χ4v) is 4.72. The van der Waals surface area contributed by atoms with Gasteiger partial charge in [0.05, 0.1) is 35.6 Å². The first-order valence-electron chi connectivity index (χ1n) is 10.8. The van der Waals surface area contributed by atoms with E-state index in [4.69, 9.17) is 16.3 Å². The molecule has 1 aromatic heterocycles. The molecule has 1 N–H and O–H groups in total. The summed E-state index contributed by atoms with van der Waals surface area (Å²) in [5.41, 5.74) is 0.0592. The molecule has 0 spiro atoms. The van der Waals surface area contributed by atoms with E-state index in [0.717, 1.165) is 6.07 Å². The van der Waals surface area contributed by atoms with Gasteiger partial charge in [0.25, 0.3) is 0 Å². The zero-order chi connectivity index (χ0) is 23.6. The molecule has 0 saturated carbocycles. The van der Waals surface area contributed by atoms with Crippen molar-refractivity contribution in [2.75, 3.05) is 26.3 Å². The summed E-state index contributed by atoms with van der Waals surface area (Å²) in [6.07, 6.45) is 1.47. The van der Waals surface area contributed by atoms with Gasteiger partial charge in [0.2, 0.25) is 0 Å². The van der Waals surface area contributed by atoms with Gasteiger partial charge in [-0.2, -0.15) is 13.2 Å². The van der Waals surface area contributed by atoms with E-state index in [9.17, 15) is 18.3 Å². The maximum absolute atomic E-state index is 13.5. The van der Waals surface area contributed by atoms with Crippen molar-refractivity contribution in [1.29, 1.82) is 0 Å². The molecule has 0 bridgehead atoms. The quantitative estimate of drug-likeness (QED) is 0.655. The van der Waals surface area contributed by atoms with Crippen LogP contribution >= 0.6 is 11.6 Å². The van der Waals surface area contributed by atoms with E-state index in [1.54, 1.807) is 18.3 Å². The monoisotopic (exact) mass is 479 g/mol. The fraction of sp³-hybridized carbons (Fsp3) is 0.417. The third-order valence-electron chi connectivity index (χ3n) is 6.23. The fourth-order valence-electron chi connectivity index (χ4n) is 4.50. The van der Waals surface area contributed by atoms with E-state index < -0.39 is 17.8 Å². The number of morpholine rings is 1. The molecule has 4 rings (SSSR count). The molecule has 33 heavy (non-hydrogen) atoms. The Hall–Kier alpha value is -2.26. The Bertz CT molecular complexity index is 1040. The molecule has 2 unspecified atom stereocenters. The summed E-state index contributed by atoms with van der Waals surface area (Å²) in [4.78, 5) is 10.8. The minimum absolute atomic E-state index is 0.0906. The van der Waals surface area contributed by atoms with Crippen molar-refractivity contribution in [2.24, 2.45) is 16.8 Å². The number of hydrogen-bond acceptors (Lipinski definition) is 5. The second kappa shape index (κ2) is 9.93. The Morgan fingerprint density at radius 1 is 1.21 bits per heavy atom. The molecule has 1 saturated heterocycles. The van der Waals surface area contributed by atoms with Crippen LogP contribution in [-0.2, 0) is 10.9 Å². The number of pyridine rings is 1. The van der Waals surface area contributed by atoms with Crippen LogP contribution in [0.4, 0.5) is 13.2 Å². The number of rotatable bonds is 5. The molecule has 9 heteroatoms. The first-order chi connectivity index (χ1) is 15.8. The summed E-state index contributed by atoms with van der Waals surface area (Å²) in [5.74, 6) is 0.0320. The highest BCUT2D eigenvalue weighted by Gasteiger charge is 2.39. The molecule has 2 aliphatic rings. The van der Waals surface area contributed by atoms with Gasteiger partial charge in [0.15, 0.2) is 0 Å². The van der Waals surface area contributed by atoms with Crippen LogP contribution in [-0.4, -0.2) is 53.6 Å². The van der Waals surface area contributed by atoms with Crippen molar-refractivity contribution in [2.45, 2.75) is 25.2 Å². The number of allylic oxidation sites excluding steroid dienone is 1. The van der Waals surface area contributed by atoms with Crippen LogP contribution in [0.5, 0.6) is 0 Å². The van der Waals surface area contributed by atoms with E-state index >= 15 is 0 Å². The number of hydrogen-bond donors (Lipinski definition) is 1. The number of alkyl halides is 3. The summed E-state index contributed by atoms with van der Waals surface area (Å²) in [7, 11) is 0. The van der Waals surface area contributed by atoms with E-state index in [-0.39, 0.29) is 28.5 Å². The molecule has 176 valence electrons. The molecular weight excluding hydrogens is 455 g/mol. The minimum Gasteiger partial charge on any atom is -0.387 e. The van der Waals surface area contributed by atoms with Crippen LogP contribution < -0.4 is 0 Å². The normalized spacial score (nSPS) is 23.5. The molecule has 2 aromatic rings. The summed E-state index contributed by atoms with van der Waals surface area (Å²) in [6.45, 7) is 4.42. The zero-order valence-electron chi connectivity index (χ0n) is 18.0. The number of halogens is 4. The van der Waals surface area contributed by atoms with Crippen molar-refractivity contribution < 1.29 is 23.0 Å². The van der Waals surface area contributed by atoms with Crippen molar-refractivity contribution in [1.82, 2.24) is 9.88 Å². The highest BCUT2D eigenvalue weighted by atomic mass is 35.5. The number of aliphatic imine (C=N–C) groups is 1. The van der Waals surface area contributed by atoms with E-state index in [1.807, 2.05) is 12.3 Å². The molecule has 0 radical (unpaired) electrons. The number of benzene rings is 1. The first kappa shape index (κ1) is 23.9. The van der Waals surface area contributed by atoms with E-state index in [2.05, 4.69) is 21.8 Å². The maximum atomic E-state index is 13.5. The van der Waals surface area contributed by atoms with Crippen molar-refractivity contribution in [3.8, 4) is 11.3 Å². The zero-order valence-corrected chi connectivity index (χ0v) is 18.8. The lowest BCUT2D eigenvalue weighted by molar-refractivity contribution is -0.137. The van der Waals surface area contributed by atoms with Crippen LogP contribution in [0.2, 0.25) is 5.02 Å². The van der Waals surface area contributed by atoms with Gasteiger partial charge in [-0.05, 0) is 24.1 Å². The number of aliphatic hydroxyl groups is 1. The summed E-state index contributed by atoms with van der Waals surface area (Å²) in [6, 6.07) is 6.73. The molecule has 5 nitrogen and oxygen atoms in total. The lowest BCUT2D eigenvalue weighted by Gasteiger charge is -2.42. The van der Waals surface area contributed by atoms with E-state index in [0.29, 0.717) is 37.6 Å². The highest BCUT2D eigenvalue weighted by molar-refractivity contribution is 6.31. The average Bonchev–Trinajstić information content (AvgIpc) is 2.81. The Morgan fingerprint density at radius 3 is 2.67 bits per heavy atom. The largest absolute Gasteiger partial charge is 0.417 e. The van der Waals surface area contributed by atoms with Gasteiger partial charge >= 0.3 is 6.18 Å². The van der Waals surface area contributed by atoms with Crippen molar-refractivity contribution in [3.05, 3.63) is 65.0 Å². The Balaban J connectivity index is 1.77. The van der Waals surface area contributed by atoms with Crippen LogP contribution in [0, 0.1) is 11.8 Å². The standard InChI is InChI=1S/C24H25ClF3N3O2/c1-15-6-8-29-14-18(15)22(31-9-11-33-12-10-31)23(32)17-3-2-7-30-21(17)16-4-5-20(25)19(13-16)24(26,27)28/h2-8,13-15,18,22-23,32H,9-12H2,1H3/t15?,18?,22-,23+/m0/s1. The van der Waals surface area contributed by atoms with Crippen molar-refractivity contribution >= 4 is 17.8 Å². The van der Waals surface area contributed by atoms with Crippen LogP contribution in [0.1, 0.15) is 24.2 Å². The lowest BCUT2D eigenvalue weighted by Crippen LogP contribution is -2.51. The first-order valence-corrected chi connectivity index (χ1v) is 11.2. The second-order valence-electron chi connectivity index (χ2n) is 8.29. The number of aliphatic hydroxyl groups excluding tert-OH is 1. The number of aromatic nitrogens is 1. The highest BCUT2D eigenvalue weighted by Crippen LogP contribution is 2.40. The SMILES string of the molecule is CC1C=CN=CC1[C@@H]([C@H](O)c1cccnc1-c1ccc(Cl)c(C(F)(F)F)c1)N1CCOCC1. The van der Waals surface area contributed by atoms with Gasteiger partial charge < -0.3 is 9.84 Å². The van der Waals surface area contributed by atoms with Crippen LogP contribution in [0.15, 0.2) is 53.8 Å². The molecule has 0 aliphatic carbocycles. The molecule has 0 amide bonds. The molecule has 4 atom stereocenters. The topological polar surface area (TPSA) is 58.0 Å². The Labute approximate surface area is 195 Å². The van der Waals surface area contributed by atoms with Gasteiger partial charge in [-0.1, -0.05) is 36.7 Å². The molecule has 3 heterocycles. The lowest BCUT2D eigenvalue weighted by atomic mass is 9.80. The average molecular weight is 480 g/mol. The molecule has 2 aliphatic heterocycles. The van der Waals surface area contributed by atoms with Gasteiger partial charge in [-0.15, -0.1) is 0 Å². The van der Waals surface area contributed by atoms with Crippen LogP contribution in [0.3, 0.4) is 0 Å². The van der Waals surface area contributed by atoms with Gasteiger partial charge in [-0.3, -0.25) is 14.9 Å². The van der Waals surface area contributed by atoms with E-state index in [1.165, 1.54) is 18.3 Å². The third kappa shape index (κ3) is 5.14. The summed E-state index contributed by atoms with van der Waals surface area (Å²) < 4.78 is 45.9. The van der Waals surface area contributed by atoms with Gasteiger partial charge in [0, 0.05) is 54.8 Å². The minimum atomic E-state index is -4.60. The maximum Gasteiger partial charge on any atom is 0.417 e. The molecule has 1 fully saturated rings. The summed E-state index contributed by atoms with van der Waals surface area (Å²) in [5, 5.41) is 11.3. The van der Waals surface area contributed by atoms with Gasteiger partial charge in [0.1, 0.15) is 0 Å². The second-order valence-corrected chi connectivity index (χ2v) is 8.70. The Kier molecular flexibility index (Phi) is 7.19. The number of ether oxygens (including phenoxy) is 1. The Morgan fingerprint density at radius 2 is 1.97 bits per heavy atom. The molecule has 1 aromatic carbocycles. The molecular formula is C24H25ClF3N3O2. The van der Waals surface area contributed by atoms with Crippen LogP contribution in [0.25, 0.3) is 11.3 Å². The van der Waals surface area contributed by atoms with Crippen molar-refractivity contribution in [3.63, 3.8) is 0 Å². The predicted octanol–water partition coefficient (Wildman–Crippen LogP) is 5.01. The number of nitrogens with zero attached hydrogens (tertiary/aromatic N) is 3.